The van der Waals surface area contributed by atoms with E-state index in [1.165, 1.54) is 128 Å². The molecule has 0 rings (SSSR count). The van der Waals surface area contributed by atoms with E-state index in [1.54, 1.807) is 6.08 Å². The Labute approximate surface area is 284 Å². The minimum absolute atomic E-state index is 0.0810. The van der Waals surface area contributed by atoms with Gasteiger partial charge in [-0.05, 0) is 19.3 Å². The van der Waals surface area contributed by atoms with Crippen LogP contribution >= 0.6 is 7.82 Å². The van der Waals surface area contributed by atoms with E-state index in [1.807, 2.05) is 6.08 Å². The fourth-order valence-corrected chi connectivity index (χ4v) is 6.42. The molecule has 0 aromatic carbocycles. The van der Waals surface area contributed by atoms with Gasteiger partial charge in [0.1, 0.15) is 0 Å². The van der Waals surface area contributed by atoms with E-state index in [4.69, 9.17) is 14.8 Å². The first-order valence-electron chi connectivity index (χ1n) is 19.3. The van der Waals surface area contributed by atoms with E-state index < -0.39 is 20.0 Å². The summed E-state index contributed by atoms with van der Waals surface area (Å²) in [5, 5.41) is 13.6. The number of hydrogen-bond acceptors (Lipinski definition) is 6. The minimum Gasteiger partial charge on any atom is -0.387 e. The van der Waals surface area contributed by atoms with Gasteiger partial charge < -0.3 is 21.1 Å². The molecule has 0 heterocycles. The van der Waals surface area contributed by atoms with Crippen LogP contribution < -0.4 is 11.1 Å². The normalized spacial score (nSPS) is 14.5. The van der Waals surface area contributed by atoms with Crippen molar-refractivity contribution in [2.45, 2.75) is 199 Å². The number of rotatable bonds is 36. The van der Waals surface area contributed by atoms with Gasteiger partial charge in [0.05, 0.1) is 25.4 Å². The molecule has 9 heteroatoms. The quantitative estimate of drug-likeness (QED) is 0.0295. The fraction of sp³-hybridized carbons (Fsp3) is 0.919. The molecule has 1 amide bonds. The molecule has 0 saturated heterocycles. The molecule has 0 fully saturated rings. The van der Waals surface area contributed by atoms with E-state index >= 15 is 0 Å². The summed E-state index contributed by atoms with van der Waals surface area (Å²) >= 11 is 0. The van der Waals surface area contributed by atoms with E-state index in [0.717, 1.165) is 38.5 Å². The molecule has 0 bridgehead atoms. The van der Waals surface area contributed by atoms with Gasteiger partial charge in [0.15, 0.2) is 0 Å². The molecule has 5 N–H and O–H groups in total. The molecule has 8 nitrogen and oxygen atoms in total. The second-order valence-electron chi connectivity index (χ2n) is 13.1. The van der Waals surface area contributed by atoms with Gasteiger partial charge in [0, 0.05) is 13.0 Å². The van der Waals surface area contributed by atoms with Gasteiger partial charge >= 0.3 is 7.82 Å². The molecule has 274 valence electrons. The molecule has 0 aliphatic rings. The lowest BCUT2D eigenvalue weighted by Crippen LogP contribution is -2.45. The van der Waals surface area contributed by atoms with Crippen molar-refractivity contribution < 1.29 is 28.4 Å². The zero-order valence-corrected chi connectivity index (χ0v) is 31.0. The van der Waals surface area contributed by atoms with Crippen molar-refractivity contribution in [1.82, 2.24) is 5.32 Å². The van der Waals surface area contributed by atoms with Gasteiger partial charge in [-0.1, -0.05) is 174 Å². The largest absolute Gasteiger partial charge is 0.472 e. The van der Waals surface area contributed by atoms with Gasteiger partial charge in [-0.15, -0.1) is 0 Å². The second kappa shape index (κ2) is 34.1. The third-order valence-electron chi connectivity index (χ3n) is 8.61. The summed E-state index contributed by atoms with van der Waals surface area (Å²) in [6, 6.07) is -0.852. The first kappa shape index (κ1) is 45.2. The Bertz CT molecular complexity index is 739. The van der Waals surface area contributed by atoms with Crippen LogP contribution in [-0.2, 0) is 18.4 Å². The number of carbonyl (C=O) groups is 1. The molecule has 0 aliphatic carbocycles. The van der Waals surface area contributed by atoms with Crippen molar-refractivity contribution in [2.75, 3.05) is 19.8 Å². The number of phosphoric ester groups is 1. The van der Waals surface area contributed by atoms with Crippen LogP contribution in [0.1, 0.15) is 187 Å². The highest BCUT2D eigenvalue weighted by Crippen LogP contribution is 2.43. The molecule has 0 aromatic rings. The van der Waals surface area contributed by atoms with Crippen LogP contribution in [0.5, 0.6) is 0 Å². The Balaban J connectivity index is 4.25. The molecule has 0 aromatic heterocycles. The maximum atomic E-state index is 12.6. The molecular formula is C37H75N2O6P. The lowest BCUT2D eigenvalue weighted by molar-refractivity contribution is -0.123. The van der Waals surface area contributed by atoms with Crippen molar-refractivity contribution in [2.24, 2.45) is 5.73 Å². The summed E-state index contributed by atoms with van der Waals surface area (Å²) < 4.78 is 22.0. The van der Waals surface area contributed by atoms with Gasteiger partial charge in [0.2, 0.25) is 5.91 Å². The van der Waals surface area contributed by atoms with Crippen molar-refractivity contribution in [3.8, 4) is 0 Å². The molecule has 1 unspecified atom stereocenters. The maximum Gasteiger partial charge on any atom is 0.472 e. The minimum atomic E-state index is -4.32. The lowest BCUT2D eigenvalue weighted by atomic mass is 10.0. The second-order valence-corrected chi connectivity index (χ2v) is 14.6. The topological polar surface area (TPSA) is 131 Å². The lowest BCUT2D eigenvalue weighted by Gasteiger charge is -2.23. The summed E-state index contributed by atoms with van der Waals surface area (Å²) in [6.07, 6.45) is 35.4. The number of carbonyl (C=O) groups excluding carboxylic acids is 1. The molecule has 0 spiro atoms. The Hall–Kier alpha value is -0.760. The third kappa shape index (κ3) is 31.8. The van der Waals surface area contributed by atoms with Crippen molar-refractivity contribution in [3.63, 3.8) is 0 Å². The van der Waals surface area contributed by atoms with E-state index in [2.05, 4.69) is 19.2 Å². The number of amides is 1. The molecule has 0 radical (unpaired) electrons. The number of nitrogens with one attached hydrogen (secondary N) is 1. The smallest absolute Gasteiger partial charge is 0.387 e. The average molecular weight is 675 g/mol. The molecule has 3 atom stereocenters. The van der Waals surface area contributed by atoms with Gasteiger partial charge in [-0.2, -0.15) is 0 Å². The van der Waals surface area contributed by atoms with Crippen LogP contribution in [0.3, 0.4) is 0 Å². The van der Waals surface area contributed by atoms with E-state index in [9.17, 15) is 19.4 Å². The number of unbranched alkanes of at least 4 members (excludes halogenated alkanes) is 24. The third-order valence-corrected chi connectivity index (χ3v) is 9.60. The number of aliphatic hydroxyl groups excluding tert-OH is 1. The average Bonchev–Trinajstić information content (AvgIpc) is 3.04. The monoisotopic (exact) mass is 675 g/mol. The first-order chi connectivity index (χ1) is 22.4. The SMILES string of the molecule is CCCCCCCCCCCCCCCCC/C=C/[C@@H](O)[C@H](COP(=O)(O)OCCN)NC(=O)CCCCCCCCCCCC. The summed E-state index contributed by atoms with van der Waals surface area (Å²) in [4.78, 5) is 22.5. The Kier molecular flexibility index (Phi) is 33.6. The zero-order valence-electron chi connectivity index (χ0n) is 30.1. The van der Waals surface area contributed by atoms with Crippen LogP contribution in [-0.4, -0.2) is 47.8 Å². The molecule has 0 aliphatic heterocycles. The fourth-order valence-electron chi connectivity index (χ4n) is 5.66. The predicted molar refractivity (Wildman–Crippen MR) is 194 cm³/mol. The van der Waals surface area contributed by atoms with Gasteiger partial charge in [-0.25, -0.2) is 4.57 Å². The predicted octanol–water partition coefficient (Wildman–Crippen LogP) is 10.1. The van der Waals surface area contributed by atoms with Gasteiger partial charge in [0.25, 0.3) is 0 Å². The summed E-state index contributed by atoms with van der Waals surface area (Å²) in [7, 11) is -4.32. The number of aliphatic hydroxyl groups is 1. The van der Waals surface area contributed by atoms with Crippen LogP contribution in [0.4, 0.5) is 0 Å². The van der Waals surface area contributed by atoms with Gasteiger partial charge in [-0.3, -0.25) is 13.8 Å². The van der Waals surface area contributed by atoms with Crippen molar-refractivity contribution in [3.05, 3.63) is 12.2 Å². The Morgan fingerprint density at radius 1 is 0.696 bits per heavy atom. The summed E-state index contributed by atoms with van der Waals surface area (Å²) in [5.41, 5.74) is 5.35. The van der Waals surface area contributed by atoms with E-state index in [-0.39, 0.29) is 25.7 Å². The maximum absolute atomic E-state index is 12.6. The van der Waals surface area contributed by atoms with Crippen LogP contribution in [0.15, 0.2) is 12.2 Å². The summed E-state index contributed by atoms with van der Waals surface area (Å²) in [6.45, 7) is 4.12. The first-order valence-corrected chi connectivity index (χ1v) is 20.8. The van der Waals surface area contributed by atoms with E-state index in [0.29, 0.717) is 6.42 Å². The number of hydrogen-bond donors (Lipinski definition) is 4. The number of phosphoric acid groups is 1. The van der Waals surface area contributed by atoms with Crippen molar-refractivity contribution >= 4 is 13.7 Å². The van der Waals surface area contributed by atoms with Crippen molar-refractivity contribution in [1.29, 1.82) is 0 Å². The van der Waals surface area contributed by atoms with Crippen LogP contribution in [0, 0.1) is 0 Å². The number of nitrogens with two attached hydrogens (primary N) is 1. The number of allylic oxidation sites excluding steroid dienone is 1. The zero-order chi connectivity index (χ0) is 34.0. The summed E-state index contributed by atoms with van der Waals surface area (Å²) in [5.74, 6) is -0.196. The molecular weight excluding hydrogens is 599 g/mol. The standard InChI is InChI=1S/C37H75N2O6P/c1-3-5-7-9-11-13-15-16-17-18-19-20-21-22-24-26-28-30-36(40)35(34-45-46(42,43)44-33-32-38)39-37(41)31-29-27-25-23-14-12-10-8-6-4-2/h28,30,35-36,40H,3-27,29,31-34,38H2,1-2H3,(H,39,41)(H,42,43)/b30-28+/t35-,36+/m0/s1. The molecule has 0 saturated carbocycles. The molecule has 46 heavy (non-hydrogen) atoms. The van der Waals surface area contributed by atoms with Crippen LogP contribution in [0.2, 0.25) is 0 Å². The highest BCUT2D eigenvalue weighted by atomic mass is 31.2. The van der Waals surface area contributed by atoms with Crippen LogP contribution in [0.25, 0.3) is 0 Å². The Morgan fingerprint density at radius 3 is 1.54 bits per heavy atom. The highest BCUT2D eigenvalue weighted by Gasteiger charge is 2.26. The Morgan fingerprint density at radius 2 is 1.11 bits per heavy atom. The highest BCUT2D eigenvalue weighted by molar-refractivity contribution is 7.47.